The number of aliphatic hydroxyl groups is 1. The topological polar surface area (TPSA) is 20.2 Å². The Balaban J connectivity index is 4.18. The third-order valence-corrected chi connectivity index (χ3v) is 7.72. The van der Waals surface area contributed by atoms with Crippen LogP contribution in [-0.2, 0) is 0 Å². The van der Waals surface area contributed by atoms with Gasteiger partial charge in [-0.1, -0.05) is 93.2 Å². The number of hydrogen-bond acceptors (Lipinski definition) is 1. The van der Waals surface area contributed by atoms with Crippen molar-refractivity contribution < 1.29 is 5.11 Å². The van der Waals surface area contributed by atoms with Crippen molar-refractivity contribution in [1.82, 2.24) is 0 Å². The predicted molar refractivity (Wildman–Crippen MR) is 187 cm³/mol. The monoisotopic (exact) mass is 563 g/mol. The molecule has 41 heavy (non-hydrogen) atoms. The van der Waals surface area contributed by atoms with Crippen LogP contribution in [0.3, 0.4) is 0 Å². The summed E-state index contributed by atoms with van der Waals surface area (Å²) in [7, 11) is 0. The van der Waals surface area contributed by atoms with Crippen molar-refractivity contribution >= 4 is 0 Å². The standard InChI is InChI=1S/C40H66O/c1-33(2)17-10-18-34(3)19-11-20-35(4)21-12-22-36(5)23-13-24-37(6)25-14-26-38(7)27-15-28-39(8)29-16-30-40(9)31-32-41/h17,19,21,23,25,27,29,31,41H,10-16,18,20,22,24,26,28,30,32H2,1-9H3/b34-19+,35-21+,36-23-,37-25+,38-27+,39-29+,40-31-. The highest BCUT2D eigenvalue weighted by molar-refractivity contribution is 5.10. The van der Waals surface area contributed by atoms with Gasteiger partial charge in [0.1, 0.15) is 0 Å². The van der Waals surface area contributed by atoms with Gasteiger partial charge in [0.15, 0.2) is 0 Å². The molecule has 0 aromatic heterocycles. The first kappa shape index (κ1) is 38.9. The van der Waals surface area contributed by atoms with Gasteiger partial charge in [-0.3, -0.25) is 0 Å². The van der Waals surface area contributed by atoms with Crippen molar-refractivity contribution in [2.75, 3.05) is 6.61 Å². The highest BCUT2D eigenvalue weighted by atomic mass is 16.2. The quantitative estimate of drug-likeness (QED) is 0.130. The first-order chi connectivity index (χ1) is 19.5. The summed E-state index contributed by atoms with van der Waals surface area (Å²) < 4.78 is 0. The SMILES string of the molecule is CC(C)=CCC/C(C)=C/CC/C(C)=C/CC/C(C)=C\CC/C(C)=C/CC/C(C)=C/CC/C(C)=C/CC/C(C)=C\CO. The van der Waals surface area contributed by atoms with Gasteiger partial charge in [0.2, 0.25) is 0 Å². The largest absolute Gasteiger partial charge is 0.392 e. The van der Waals surface area contributed by atoms with Crippen molar-refractivity contribution in [3.05, 3.63) is 93.2 Å². The van der Waals surface area contributed by atoms with Crippen molar-refractivity contribution in [2.45, 2.75) is 152 Å². The van der Waals surface area contributed by atoms with Gasteiger partial charge in [-0.2, -0.15) is 0 Å². The number of allylic oxidation sites excluding steroid dienone is 15. The maximum Gasteiger partial charge on any atom is 0.0614 e. The Labute approximate surface area is 256 Å². The molecule has 0 aliphatic carbocycles. The summed E-state index contributed by atoms with van der Waals surface area (Å²) >= 11 is 0. The molecular formula is C40H66O. The zero-order valence-corrected chi connectivity index (χ0v) is 28.7. The van der Waals surface area contributed by atoms with Gasteiger partial charge in [0.25, 0.3) is 0 Å². The Morgan fingerprint density at radius 3 is 0.707 bits per heavy atom. The lowest BCUT2D eigenvalue weighted by molar-refractivity contribution is 0.341. The van der Waals surface area contributed by atoms with E-state index in [0.29, 0.717) is 0 Å². The summed E-state index contributed by atoms with van der Waals surface area (Å²) in [6.07, 6.45) is 34.9. The zero-order chi connectivity index (χ0) is 30.9. The second-order valence-corrected chi connectivity index (χ2v) is 12.6. The van der Waals surface area contributed by atoms with Crippen LogP contribution in [-0.4, -0.2) is 11.7 Å². The maximum atomic E-state index is 8.95. The summed E-state index contributed by atoms with van der Waals surface area (Å²) in [6.45, 7) is 20.3. The average Bonchev–Trinajstić information content (AvgIpc) is 2.88. The zero-order valence-electron chi connectivity index (χ0n) is 28.7. The van der Waals surface area contributed by atoms with Crippen molar-refractivity contribution in [3.63, 3.8) is 0 Å². The number of aliphatic hydroxyl groups excluding tert-OH is 1. The van der Waals surface area contributed by atoms with E-state index in [2.05, 4.69) is 105 Å². The molecule has 0 atom stereocenters. The van der Waals surface area contributed by atoms with Crippen molar-refractivity contribution in [2.24, 2.45) is 0 Å². The first-order valence-corrected chi connectivity index (χ1v) is 16.4. The molecule has 0 heterocycles. The maximum absolute atomic E-state index is 8.95. The Kier molecular flexibility index (Phi) is 24.3. The van der Waals surface area contributed by atoms with Crippen LogP contribution in [0.4, 0.5) is 0 Å². The molecule has 0 aromatic rings. The summed E-state index contributed by atoms with van der Waals surface area (Å²) in [5, 5.41) is 8.95. The molecule has 0 aliphatic heterocycles. The Morgan fingerprint density at radius 2 is 0.512 bits per heavy atom. The van der Waals surface area contributed by atoms with Gasteiger partial charge in [0.05, 0.1) is 6.61 Å². The molecule has 0 bridgehead atoms. The van der Waals surface area contributed by atoms with Crippen LogP contribution in [0.15, 0.2) is 93.2 Å². The van der Waals surface area contributed by atoms with E-state index in [1.54, 1.807) is 0 Å². The van der Waals surface area contributed by atoms with Crippen molar-refractivity contribution in [1.29, 1.82) is 0 Å². The van der Waals surface area contributed by atoms with Gasteiger partial charge in [0, 0.05) is 0 Å². The second kappa shape index (κ2) is 25.6. The van der Waals surface area contributed by atoms with E-state index in [1.165, 1.54) is 83.1 Å². The molecule has 0 rings (SSSR count). The summed E-state index contributed by atoms with van der Waals surface area (Å²) in [4.78, 5) is 0. The van der Waals surface area contributed by atoms with E-state index < -0.39 is 0 Å². The fraction of sp³-hybridized carbons (Fsp3) is 0.600. The highest BCUT2D eigenvalue weighted by Crippen LogP contribution is 2.17. The minimum atomic E-state index is 0.151. The van der Waals surface area contributed by atoms with E-state index in [4.69, 9.17) is 5.11 Å². The van der Waals surface area contributed by atoms with E-state index in [0.717, 1.165) is 51.4 Å². The molecule has 0 fully saturated rings. The van der Waals surface area contributed by atoms with Crippen LogP contribution >= 0.6 is 0 Å². The van der Waals surface area contributed by atoms with Crippen LogP contribution in [0.2, 0.25) is 0 Å². The van der Waals surface area contributed by atoms with Gasteiger partial charge < -0.3 is 5.11 Å². The molecule has 0 radical (unpaired) electrons. The highest BCUT2D eigenvalue weighted by Gasteiger charge is 1.96. The molecule has 0 aromatic carbocycles. The lowest BCUT2D eigenvalue weighted by atomic mass is 10.0. The smallest absolute Gasteiger partial charge is 0.0614 e. The molecule has 0 saturated carbocycles. The van der Waals surface area contributed by atoms with Gasteiger partial charge in [-0.15, -0.1) is 0 Å². The van der Waals surface area contributed by atoms with Crippen LogP contribution in [0.1, 0.15) is 152 Å². The Hall–Kier alpha value is -2.12. The molecule has 0 aliphatic rings. The Morgan fingerprint density at radius 1 is 0.317 bits per heavy atom. The molecule has 1 nitrogen and oxygen atoms in total. The molecule has 1 N–H and O–H groups in total. The average molecular weight is 563 g/mol. The first-order valence-electron chi connectivity index (χ1n) is 16.4. The third-order valence-electron chi connectivity index (χ3n) is 7.72. The Bertz CT molecular complexity index is 951. The predicted octanol–water partition coefficient (Wildman–Crippen LogP) is 13.0. The van der Waals surface area contributed by atoms with Crippen molar-refractivity contribution in [3.8, 4) is 0 Å². The van der Waals surface area contributed by atoms with Gasteiger partial charge >= 0.3 is 0 Å². The van der Waals surface area contributed by atoms with Crippen LogP contribution < -0.4 is 0 Å². The fourth-order valence-electron chi connectivity index (χ4n) is 4.74. The lowest BCUT2D eigenvalue weighted by Gasteiger charge is -2.04. The second-order valence-electron chi connectivity index (χ2n) is 12.6. The molecule has 0 saturated heterocycles. The number of hydrogen-bond donors (Lipinski definition) is 1. The third kappa shape index (κ3) is 26.5. The molecular weight excluding hydrogens is 496 g/mol. The van der Waals surface area contributed by atoms with Crippen LogP contribution in [0.5, 0.6) is 0 Å². The fourth-order valence-corrected chi connectivity index (χ4v) is 4.74. The lowest BCUT2D eigenvalue weighted by Crippen LogP contribution is -1.84. The van der Waals surface area contributed by atoms with E-state index in [-0.39, 0.29) is 6.61 Å². The van der Waals surface area contributed by atoms with Crippen LogP contribution in [0, 0.1) is 0 Å². The van der Waals surface area contributed by atoms with Gasteiger partial charge in [-0.25, -0.2) is 0 Å². The minimum Gasteiger partial charge on any atom is -0.392 e. The molecule has 232 valence electrons. The van der Waals surface area contributed by atoms with E-state index in [9.17, 15) is 0 Å². The molecule has 1 heteroatoms. The molecule has 0 spiro atoms. The summed E-state index contributed by atoms with van der Waals surface area (Å²) in [5.74, 6) is 0. The summed E-state index contributed by atoms with van der Waals surface area (Å²) in [6, 6.07) is 0. The molecule has 0 amide bonds. The number of rotatable bonds is 22. The minimum absolute atomic E-state index is 0.151. The summed E-state index contributed by atoms with van der Waals surface area (Å²) in [5.41, 5.74) is 11.8. The normalized spacial score (nSPS) is 14.6. The van der Waals surface area contributed by atoms with Crippen LogP contribution in [0.25, 0.3) is 0 Å². The molecule has 0 unspecified atom stereocenters. The van der Waals surface area contributed by atoms with E-state index in [1.807, 2.05) is 6.08 Å². The van der Waals surface area contributed by atoms with E-state index >= 15 is 0 Å². The van der Waals surface area contributed by atoms with Gasteiger partial charge in [-0.05, 0) is 152 Å².